The molecule has 3 N–H and O–H groups in total. The van der Waals surface area contributed by atoms with Gasteiger partial charge in [-0.15, -0.1) is 11.3 Å². The summed E-state index contributed by atoms with van der Waals surface area (Å²) in [4.78, 5) is 1.34. The number of aryl methyl sites for hydroxylation is 1. The monoisotopic (exact) mass is 340 g/mol. The Morgan fingerprint density at radius 3 is 2.71 bits per heavy atom. The van der Waals surface area contributed by atoms with Gasteiger partial charge in [0.2, 0.25) is 10.0 Å². The van der Waals surface area contributed by atoms with Gasteiger partial charge in [-0.2, -0.15) is 0 Å². The van der Waals surface area contributed by atoms with Crippen LogP contribution in [0.1, 0.15) is 22.9 Å². The van der Waals surface area contributed by atoms with Gasteiger partial charge in [-0.3, -0.25) is 0 Å². The maximum absolute atomic E-state index is 12.2. The van der Waals surface area contributed by atoms with Crippen molar-refractivity contribution in [1.29, 1.82) is 0 Å². The number of thiophene rings is 1. The van der Waals surface area contributed by atoms with E-state index in [4.69, 9.17) is 18.0 Å². The van der Waals surface area contributed by atoms with E-state index in [0.29, 0.717) is 9.20 Å². The van der Waals surface area contributed by atoms with Crippen molar-refractivity contribution in [3.8, 4) is 0 Å². The van der Waals surface area contributed by atoms with E-state index in [0.717, 1.165) is 22.4 Å². The molecule has 0 atom stereocenters. The van der Waals surface area contributed by atoms with Gasteiger partial charge >= 0.3 is 0 Å². The maximum Gasteiger partial charge on any atom is 0.250 e. The molecule has 2 rings (SSSR count). The van der Waals surface area contributed by atoms with Crippen LogP contribution >= 0.6 is 23.6 Å². The topological polar surface area (TPSA) is 72.2 Å². The zero-order valence-corrected chi connectivity index (χ0v) is 13.9. The van der Waals surface area contributed by atoms with Crippen LogP contribution in [0, 0.1) is 0 Å². The van der Waals surface area contributed by atoms with Gasteiger partial charge in [0.15, 0.2) is 0 Å². The molecule has 1 aromatic carbocycles. The normalized spacial score (nSPS) is 11.5. The molecule has 0 saturated carbocycles. The zero-order chi connectivity index (χ0) is 15.5. The molecule has 0 aliphatic heterocycles. The second-order valence-electron chi connectivity index (χ2n) is 4.46. The van der Waals surface area contributed by atoms with Crippen LogP contribution < -0.4 is 10.5 Å². The van der Waals surface area contributed by atoms with Gasteiger partial charge in [0.05, 0.1) is 0 Å². The quantitative estimate of drug-likeness (QED) is 0.792. The molecule has 0 fully saturated rings. The van der Waals surface area contributed by atoms with Crippen LogP contribution in [0.4, 0.5) is 0 Å². The smallest absolute Gasteiger partial charge is 0.250 e. The predicted octanol–water partition coefficient (Wildman–Crippen LogP) is 2.42. The first kappa shape index (κ1) is 16.1. The number of sulfonamides is 1. The molecule has 7 heteroatoms. The van der Waals surface area contributed by atoms with Crippen molar-refractivity contribution >= 4 is 38.6 Å². The summed E-state index contributed by atoms with van der Waals surface area (Å²) in [5.74, 6) is 0. The Hall–Kier alpha value is -1.28. The highest BCUT2D eigenvalue weighted by Crippen LogP contribution is 2.22. The minimum Gasteiger partial charge on any atom is -0.389 e. The molecule has 1 aromatic heterocycles. The Kier molecular flexibility index (Phi) is 5.10. The summed E-state index contributed by atoms with van der Waals surface area (Å²) in [6.45, 7) is 2.20. The minimum atomic E-state index is -3.48. The average Bonchev–Trinajstić information content (AvgIpc) is 2.95. The van der Waals surface area contributed by atoms with Crippen LogP contribution in [0.25, 0.3) is 0 Å². The highest BCUT2D eigenvalue weighted by Gasteiger charge is 2.16. The van der Waals surface area contributed by atoms with Gasteiger partial charge in [0, 0.05) is 17.0 Å². The first-order valence-electron chi connectivity index (χ1n) is 6.39. The molecule has 0 spiro atoms. The number of nitrogens with two attached hydrogens (primary N) is 1. The Morgan fingerprint density at radius 1 is 1.33 bits per heavy atom. The summed E-state index contributed by atoms with van der Waals surface area (Å²) < 4.78 is 27.3. The van der Waals surface area contributed by atoms with Crippen molar-refractivity contribution in [2.75, 3.05) is 0 Å². The van der Waals surface area contributed by atoms with Crippen molar-refractivity contribution in [3.05, 3.63) is 52.4 Å². The number of hydrogen-bond acceptors (Lipinski definition) is 4. The minimum absolute atomic E-state index is 0.206. The number of thiocarbonyl (C=S) groups is 1. The highest BCUT2D eigenvalue weighted by atomic mass is 32.2. The van der Waals surface area contributed by atoms with Crippen LogP contribution in [0.15, 0.2) is 40.6 Å². The average molecular weight is 340 g/mol. The molecular weight excluding hydrogens is 324 g/mol. The van der Waals surface area contributed by atoms with Gasteiger partial charge in [-0.05, 0) is 30.2 Å². The molecule has 0 aliphatic carbocycles. The van der Waals surface area contributed by atoms with Crippen LogP contribution in [0.3, 0.4) is 0 Å². The third-order valence-corrected chi connectivity index (χ3v) is 6.29. The molecule has 0 amide bonds. The predicted molar refractivity (Wildman–Crippen MR) is 90.1 cm³/mol. The number of nitrogens with one attached hydrogen (secondary N) is 1. The van der Waals surface area contributed by atoms with E-state index < -0.39 is 10.0 Å². The lowest BCUT2D eigenvalue weighted by atomic mass is 10.1. The van der Waals surface area contributed by atoms with Gasteiger partial charge < -0.3 is 5.73 Å². The fourth-order valence-corrected chi connectivity index (χ4v) is 4.26. The fourth-order valence-electron chi connectivity index (χ4n) is 1.78. The van der Waals surface area contributed by atoms with E-state index in [1.54, 1.807) is 24.3 Å². The second-order valence-corrected chi connectivity index (χ2v) is 8.07. The standard InChI is InChI=1S/C14H16N2O2S3/c1-2-12-6-7-13(20-12)21(17,18)16-9-10-4-3-5-11(8-10)14(15)19/h3-8,16H,2,9H2,1H3,(H2,15,19). The first-order chi connectivity index (χ1) is 9.92. The first-order valence-corrected chi connectivity index (χ1v) is 9.10. The van der Waals surface area contributed by atoms with Gasteiger partial charge in [-0.1, -0.05) is 37.3 Å². The summed E-state index contributed by atoms with van der Waals surface area (Å²) in [6, 6.07) is 10.7. The number of rotatable bonds is 6. The van der Waals surface area contributed by atoms with Crippen molar-refractivity contribution < 1.29 is 8.42 Å². The third-order valence-electron chi connectivity index (χ3n) is 2.93. The lowest BCUT2D eigenvalue weighted by molar-refractivity contribution is 0.583. The van der Waals surface area contributed by atoms with E-state index in [9.17, 15) is 8.42 Å². The maximum atomic E-state index is 12.2. The Morgan fingerprint density at radius 2 is 2.10 bits per heavy atom. The van der Waals surface area contributed by atoms with E-state index in [1.165, 1.54) is 11.3 Å². The summed E-state index contributed by atoms with van der Waals surface area (Å²) in [7, 11) is -3.48. The van der Waals surface area contributed by atoms with Crippen molar-refractivity contribution in [2.45, 2.75) is 24.1 Å². The summed E-state index contributed by atoms with van der Waals surface area (Å²) >= 11 is 6.20. The zero-order valence-electron chi connectivity index (χ0n) is 11.5. The molecule has 1 heterocycles. The molecule has 21 heavy (non-hydrogen) atoms. The molecule has 2 aromatic rings. The molecule has 0 saturated heterocycles. The van der Waals surface area contributed by atoms with E-state index in [1.807, 2.05) is 19.1 Å². The fraction of sp³-hybridized carbons (Fsp3) is 0.214. The lowest BCUT2D eigenvalue weighted by Crippen LogP contribution is -2.22. The molecular formula is C14H16N2O2S3. The van der Waals surface area contributed by atoms with E-state index >= 15 is 0 Å². The number of benzene rings is 1. The van der Waals surface area contributed by atoms with Crippen LogP contribution in [0.5, 0.6) is 0 Å². The van der Waals surface area contributed by atoms with Gasteiger partial charge in [-0.25, -0.2) is 13.1 Å². The third kappa shape index (κ3) is 4.10. The molecule has 0 radical (unpaired) electrons. The summed E-state index contributed by atoms with van der Waals surface area (Å²) in [5.41, 5.74) is 7.11. The lowest BCUT2D eigenvalue weighted by Gasteiger charge is -2.06. The van der Waals surface area contributed by atoms with Crippen molar-refractivity contribution in [2.24, 2.45) is 5.73 Å². The molecule has 4 nitrogen and oxygen atoms in total. The summed E-state index contributed by atoms with van der Waals surface area (Å²) in [5, 5.41) is 0. The molecule has 0 aliphatic rings. The van der Waals surface area contributed by atoms with Crippen LogP contribution in [-0.2, 0) is 23.0 Å². The van der Waals surface area contributed by atoms with Gasteiger partial charge in [0.1, 0.15) is 9.20 Å². The van der Waals surface area contributed by atoms with Crippen molar-refractivity contribution in [3.63, 3.8) is 0 Å². The number of hydrogen-bond donors (Lipinski definition) is 2. The Bertz CT molecular complexity index is 751. The van der Waals surface area contributed by atoms with Crippen LogP contribution in [0.2, 0.25) is 0 Å². The Balaban J connectivity index is 2.11. The van der Waals surface area contributed by atoms with Crippen LogP contribution in [-0.4, -0.2) is 13.4 Å². The molecule has 112 valence electrons. The largest absolute Gasteiger partial charge is 0.389 e. The second kappa shape index (κ2) is 6.65. The van der Waals surface area contributed by atoms with E-state index in [2.05, 4.69) is 4.72 Å². The van der Waals surface area contributed by atoms with E-state index in [-0.39, 0.29) is 6.54 Å². The Labute approximate surface area is 134 Å². The SMILES string of the molecule is CCc1ccc(S(=O)(=O)NCc2cccc(C(N)=S)c2)s1. The molecule has 0 bridgehead atoms. The molecule has 0 unspecified atom stereocenters. The highest BCUT2D eigenvalue weighted by molar-refractivity contribution is 7.91. The van der Waals surface area contributed by atoms with Crippen molar-refractivity contribution in [1.82, 2.24) is 4.72 Å². The summed E-state index contributed by atoms with van der Waals surface area (Å²) in [6.07, 6.45) is 0.830. The van der Waals surface area contributed by atoms with Gasteiger partial charge in [0.25, 0.3) is 0 Å².